The van der Waals surface area contributed by atoms with Gasteiger partial charge in [-0.2, -0.15) is 4.31 Å². The van der Waals surface area contributed by atoms with Crippen molar-refractivity contribution in [1.82, 2.24) is 9.21 Å². The van der Waals surface area contributed by atoms with E-state index in [1.54, 1.807) is 12.1 Å². The first-order valence-corrected chi connectivity index (χ1v) is 11.9. The van der Waals surface area contributed by atoms with E-state index >= 15 is 0 Å². The van der Waals surface area contributed by atoms with E-state index in [1.165, 1.54) is 4.31 Å². The van der Waals surface area contributed by atoms with Crippen LogP contribution in [-0.2, 0) is 14.8 Å². The van der Waals surface area contributed by atoms with E-state index in [-0.39, 0.29) is 12.5 Å². The highest BCUT2D eigenvalue weighted by atomic mass is 79.9. The van der Waals surface area contributed by atoms with Gasteiger partial charge < -0.3 is 5.32 Å². The number of rotatable bonds is 5. The number of carbonyl (C=O) groups is 1. The second-order valence-electron chi connectivity index (χ2n) is 7.24. The van der Waals surface area contributed by atoms with E-state index in [2.05, 4.69) is 21.2 Å². The van der Waals surface area contributed by atoms with Crippen LogP contribution in [0.4, 0.5) is 5.69 Å². The zero-order valence-corrected chi connectivity index (χ0v) is 18.7. The number of hydrogen-bond donors (Lipinski definition) is 1. The Morgan fingerprint density at radius 3 is 2.27 bits per heavy atom. The number of nitrogens with zero attached hydrogens (tertiary/aromatic N) is 2. The van der Waals surface area contributed by atoms with Crippen molar-refractivity contribution in [1.29, 1.82) is 0 Å². The van der Waals surface area contributed by atoms with Crippen LogP contribution in [0.1, 0.15) is 0 Å². The van der Waals surface area contributed by atoms with Crippen LogP contribution >= 0.6 is 15.9 Å². The maximum Gasteiger partial charge on any atom is 0.243 e. The minimum Gasteiger partial charge on any atom is -0.325 e. The molecule has 8 heteroatoms. The van der Waals surface area contributed by atoms with Crippen molar-refractivity contribution < 1.29 is 13.2 Å². The van der Waals surface area contributed by atoms with E-state index < -0.39 is 10.0 Å². The molecule has 0 aliphatic carbocycles. The van der Waals surface area contributed by atoms with E-state index in [1.807, 2.05) is 59.5 Å². The Balaban J connectivity index is 1.36. The summed E-state index contributed by atoms with van der Waals surface area (Å²) in [5.41, 5.74) is 0.737. The fourth-order valence-corrected chi connectivity index (χ4v) is 5.26. The highest BCUT2D eigenvalue weighted by molar-refractivity contribution is 9.10. The molecule has 0 spiro atoms. The molecule has 1 amide bonds. The van der Waals surface area contributed by atoms with Gasteiger partial charge in [-0.05, 0) is 47.2 Å². The number of piperazine rings is 1. The van der Waals surface area contributed by atoms with Crippen molar-refractivity contribution in [3.8, 4) is 0 Å². The number of halogens is 1. The Labute approximate surface area is 184 Å². The van der Waals surface area contributed by atoms with Gasteiger partial charge >= 0.3 is 0 Å². The predicted octanol–water partition coefficient (Wildman–Crippen LogP) is 3.55. The second-order valence-corrected chi connectivity index (χ2v) is 10.1. The van der Waals surface area contributed by atoms with Crippen molar-refractivity contribution in [3.05, 3.63) is 71.2 Å². The number of carbonyl (C=O) groups excluding carboxylic acids is 1. The number of anilines is 1. The average molecular weight is 488 g/mol. The Morgan fingerprint density at radius 1 is 0.900 bits per heavy atom. The fourth-order valence-electron chi connectivity index (χ4n) is 3.54. The molecule has 0 bridgehead atoms. The molecule has 6 nitrogen and oxygen atoms in total. The molecule has 1 saturated heterocycles. The normalized spacial score (nSPS) is 15.9. The summed E-state index contributed by atoms with van der Waals surface area (Å²) in [6, 6.07) is 20.3. The quantitative estimate of drug-likeness (QED) is 0.597. The van der Waals surface area contributed by atoms with Crippen LogP contribution in [-0.4, -0.2) is 56.3 Å². The maximum atomic E-state index is 13.1. The third kappa shape index (κ3) is 4.73. The summed E-state index contributed by atoms with van der Waals surface area (Å²) in [4.78, 5) is 14.6. The third-order valence-corrected chi connectivity index (χ3v) is 7.61. The molecular weight excluding hydrogens is 466 g/mol. The molecule has 1 aliphatic rings. The van der Waals surface area contributed by atoms with Gasteiger partial charge in [-0.1, -0.05) is 46.3 Å². The van der Waals surface area contributed by atoms with Gasteiger partial charge in [0.15, 0.2) is 0 Å². The van der Waals surface area contributed by atoms with Crippen LogP contribution in [0.3, 0.4) is 0 Å². The summed E-state index contributed by atoms with van der Waals surface area (Å²) >= 11 is 3.37. The molecular formula is C22H22BrN3O3S. The Bertz CT molecular complexity index is 1160. The molecule has 3 aromatic rings. The molecule has 156 valence electrons. The van der Waals surface area contributed by atoms with Crippen LogP contribution in [0.15, 0.2) is 76.1 Å². The summed E-state index contributed by atoms with van der Waals surface area (Å²) < 4.78 is 28.6. The van der Waals surface area contributed by atoms with Gasteiger partial charge in [0, 0.05) is 36.3 Å². The van der Waals surface area contributed by atoms with Gasteiger partial charge in [0.1, 0.15) is 0 Å². The van der Waals surface area contributed by atoms with Crippen LogP contribution in [0.25, 0.3) is 10.8 Å². The molecule has 1 fully saturated rings. The molecule has 0 radical (unpaired) electrons. The van der Waals surface area contributed by atoms with Gasteiger partial charge in [0.25, 0.3) is 0 Å². The average Bonchev–Trinajstić information content (AvgIpc) is 2.75. The molecule has 1 aliphatic heterocycles. The van der Waals surface area contributed by atoms with Gasteiger partial charge in [0.2, 0.25) is 15.9 Å². The standard InChI is InChI=1S/C22H22BrN3O3S/c23-19-6-8-20(9-7-19)24-22(27)16-25-11-13-26(14-12-25)30(28,29)21-10-5-17-3-1-2-4-18(17)15-21/h1-10,15H,11-14,16H2,(H,24,27). The lowest BCUT2D eigenvalue weighted by atomic mass is 10.1. The number of sulfonamides is 1. The lowest BCUT2D eigenvalue weighted by Crippen LogP contribution is -2.50. The summed E-state index contributed by atoms with van der Waals surface area (Å²) in [7, 11) is -3.56. The van der Waals surface area contributed by atoms with E-state index in [9.17, 15) is 13.2 Å². The number of hydrogen-bond acceptors (Lipinski definition) is 4. The molecule has 30 heavy (non-hydrogen) atoms. The van der Waals surface area contributed by atoms with E-state index in [0.29, 0.717) is 31.1 Å². The van der Waals surface area contributed by atoms with E-state index in [4.69, 9.17) is 0 Å². The number of amides is 1. The summed E-state index contributed by atoms with van der Waals surface area (Å²) in [6.07, 6.45) is 0. The first-order valence-electron chi connectivity index (χ1n) is 9.68. The minimum absolute atomic E-state index is 0.108. The van der Waals surface area contributed by atoms with Crippen molar-refractivity contribution in [3.63, 3.8) is 0 Å². The smallest absolute Gasteiger partial charge is 0.243 e. The lowest BCUT2D eigenvalue weighted by molar-refractivity contribution is -0.117. The summed E-state index contributed by atoms with van der Waals surface area (Å²) in [5, 5.41) is 4.78. The highest BCUT2D eigenvalue weighted by Gasteiger charge is 2.29. The number of benzene rings is 3. The van der Waals surface area contributed by atoms with Crippen molar-refractivity contribution in [2.45, 2.75) is 4.90 Å². The van der Waals surface area contributed by atoms with E-state index in [0.717, 1.165) is 20.9 Å². The molecule has 1 heterocycles. The monoisotopic (exact) mass is 487 g/mol. The zero-order chi connectivity index (χ0) is 21.1. The Morgan fingerprint density at radius 2 is 1.57 bits per heavy atom. The van der Waals surface area contributed by atoms with Crippen LogP contribution in [0.5, 0.6) is 0 Å². The van der Waals surface area contributed by atoms with Crippen molar-refractivity contribution in [2.75, 3.05) is 38.0 Å². The molecule has 0 saturated carbocycles. The van der Waals surface area contributed by atoms with Crippen molar-refractivity contribution >= 4 is 48.3 Å². The molecule has 0 aromatic heterocycles. The first kappa shape index (κ1) is 21.0. The number of fused-ring (bicyclic) bond motifs is 1. The Kier molecular flexibility index (Phi) is 6.19. The van der Waals surface area contributed by atoms with Gasteiger partial charge in [0.05, 0.1) is 11.4 Å². The Hall–Kier alpha value is -2.26. The third-order valence-electron chi connectivity index (χ3n) is 5.19. The summed E-state index contributed by atoms with van der Waals surface area (Å²) in [6.45, 7) is 1.99. The molecule has 1 N–H and O–H groups in total. The van der Waals surface area contributed by atoms with Crippen LogP contribution in [0.2, 0.25) is 0 Å². The van der Waals surface area contributed by atoms with Gasteiger partial charge in [-0.25, -0.2) is 8.42 Å². The largest absolute Gasteiger partial charge is 0.325 e. The topological polar surface area (TPSA) is 69.7 Å². The van der Waals surface area contributed by atoms with Crippen LogP contribution in [0, 0.1) is 0 Å². The predicted molar refractivity (Wildman–Crippen MR) is 122 cm³/mol. The first-order chi connectivity index (χ1) is 14.4. The highest BCUT2D eigenvalue weighted by Crippen LogP contribution is 2.23. The molecule has 0 unspecified atom stereocenters. The molecule has 0 atom stereocenters. The number of nitrogens with one attached hydrogen (secondary N) is 1. The lowest BCUT2D eigenvalue weighted by Gasteiger charge is -2.33. The second kappa shape index (κ2) is 8.85. The van der Waals surface area contributed by atoms with Crippen molar-refractivity contribution in [2.24, 2.45) is 0 Å². The van der Waals surface area contributed by atoms with Gasteiger partial charge in [-0.15, -0.1) is 0 Å². The molecule has 4 rings (SSSR count). The summed E-state index contributed by atoms with van der Waals surface area (Å²) in [5.74, 6) is -0.108. The molecule has 3 aromatic carbocycles. The fraction of sp³-hybridized carbons (Fsp3) is 0.227. The maximum absolute atomic E-state index is 13.1. The SMILES string of the molecule is O=C(CN1CCN(S(=O)(=O)c2ccc3ccccc3c2)CC1)Nc1ccc(Br)cc1. The minimum atomic E-state index is -3.56. The zero-order valence-electron chi connectivity index (χ0n) is 16.3. The van der Waals surface area contributed by atoms with Gasteiger partial charge in [-0.3, -0.25) is 9.69 Å². The van der Waals surface area contributed by atoms with Crippen LogP contribution < -0.4 is 5.32 Å².